The van der Waals surface area contributed by atoms with Crippen LogP contribution < -0.4 is 5.73 Å². The van der Waals surface area contributed by atoms with Crippen molar-refractivity contribution >= 4 is 23.1 Å². The summed E-state index contributed by atoms with van der Waals surface area (Å²) in [7, 11) is 1.83. The number of rotatable bonds is 5. The van der Waals surface area contributed by atoms with Crippen molar-refractivity contribution in [1.29, 1.82) is 0 Å². The molecule has 0 aromatic carbocycles. The Morgan fingerprint density at radius 1 is 1.45 bits per heavy atom. The number of hydrogen-bond acceptors (Lipinski definition) is 5. The number of aryl methyl sites for hydroxylation is 2. The lowest BCUT2D eigenvalue weighted by Gasteiger charge is -2.14. The Morgan fingerprint density at radius 3 is 2.75 bits per heavy atom. The van der Waals surface area contributed by atoms with Crippen LogP contribution in [-0.2, 0) is 23.0 Å². The molecule has 0 aliphatic rings. The molecule has 0 fully saturated rings. The SMILES string of the molecule is CCCc1nn(C)c2c1nc(N)n2C(C)C(=O)OCC. The van der Waals surface area contributed by atoms with Crippen LogP contribution in [0.3, 0.4) is 0 Å². The van der Waals surface area contributed by atoms with Crippen LogP contribution >= 0.6 is 0 Å². The summed E-state index contributed by atoms with van der Waals surface area (Å²) < 4.78 is 8.45. The van der Waals surface area contributed by atoms with E-state index >= 15 is 0 Å². The Hall–Kier alpha value is -2.05. The number of carbonyl (C=O) groups is 1. The predicted octanol–water partition coefficient (Wildman–Crippen LogP) is 1.43. The van der Waals surface area contributed by atoms with Gasteiger partial charge < -0.3 is 10.5 Å². The highest BCUT2D eigenvalue weighted by molar-refractivity contribution is 5.82. The molecule has 110 valence electrons. The molecule has 7 heteroatoms. The zero-order valence-electron chi connectivity index (χ0n) is 12.4. The summed E-state index contributed by atoms with van der Waals surface area (Å²) in [5, 5.41) is 4.45. The van der Waals surface area contributed by atoms with Crippen molar-refractivity contribution in [2.45, 2.75) is 39.7 Å². The molecule has 0 radical (unpaired) electrons. The van der Waals surface area contributed by atoms with Crippen molar-refractivity contribution in [1.82, 2.24) is 19.3 Å². The second kappa shape index (κ2) is 5.52. The van der Waals surface area contributed by atoms with Crippen molar-refractivity contribution < 1.29 is 9.53 Å². The van der Waals surface area contributed by atoms with Crippen LogP contribution in [0.4, 0.5) is 5.95 Å². The first-order chi connectivity index (χ1) is 9.51. The van der Waals surface area contributed by atoms with E-state index in [-0.39, 0.29) is 5.97 Å². The molecule has 0 amide bonds. The Labute approximate surface area is 117 Å². The largest absolute Gasteiger partial charge is 0.464 e. The molecule has 0 aliphatic heterocycles. The molecule has 1 atom stereocenters. The van der Waals surface area contributed by atoms with E-state index in [0.717, 1.165) is 29.7 Å². The fraction of sp³-hybridized carbons (Fsp3) is 0.615. The van der Waals surface area contributed by atoms with E-state index in [1.807, 2.05) is 7.05 Å². The minimum absolute atomic E-state index is 0.311. The van der Waals surface area contributed by atoms with Gasteiger partial charge in [-0.05, 0) is 20.3 Å². The van der Waals surface area contributed by atoms with E-state index in [9.17, 15) is 4.79 Å². The summed E-state index contributed by atoms with van der Waals surface area (Å²) in [6, 6.07) is -0.523. The van der Waals surface area contributed by atoms with E-state index in [0.29, 0.717) is 12.6 Å². The summed E-state index contributed by atoms with van der Waals surface area (Å²) in [6.07, 6.45) is 1.81. The highest BCUT2D eigenvalue weighted by Crippen LogP contribution is 2.26. The second-order valence-electron chi connectivity index (χ2n) is 4.76. The second-order valence-corrected chi connectivity index (χ2v) is 4.76. The predicted molar refractivity (Wildman–Crippen MR) is 76.3 cm³/mol. The van der Waals surface area contributed by atoms with Crippen molar-refractivity contribution in [3.63, 3.8) is 0 Å². The molecule has 0 bridgehead atoms. The highest BCUT2D eigenvalue weighted by Gasteiger charge is 2.25. The third-order valence-corrected chi connectivity index (χ3v) is 3.27. The number of imidazole rings is 1. The molecule has 0 saturated carbocycles. The van der Waals surface area contributed by atoms with Gasteiger partial charge in [-0.3, -0.25) is 9.25 Å². The number of carbonyl (C=O) groups excluding carboxylic acids is 1. The lowest BCUT2D eigenvalue weighted by atomic mass is 10.2. The van der Waals surface area contributed by atoms with Gasteiger partial charge in [-0.1, -0.05) is 13.3 Å². The van der Waals surface area contributed by atoms with Gasteiger partial charge in [0.25, 0.3) is 0 Å². The molecule has 0 spiro atoms. The van der Waals surface area contributed by atoms with Crippen LogP contribution in [0.5, 0.6) is 0 Å². The molecule has 2 aromatic heterocycles. The summed E-state index contributed by atoms with van der Waals surface area (Å²) in [6.45, 7) is 5.96. The Kier molecular flexibility index (Phi) is 3.96. The number of ether oxygens (including phenoxy) is 1. The summed E-state index contributed by atoms with van der Waals surface area (Å²) in [5.74, 6) is -0.0114. The maximum absolute atomic E-state index is 11.9. The lowest BCUT2D eigenvalue weighted by Crippen LogP contribution is -2.21. The number of nitrogens with two attached hydrogens (primary N) is 1. The first kappa shape index (κ1) is 14.4. The molecule has 2 heterocycles. The molecule has 20 heavy (non-hydrogen) atoms. The summed E-state index contributed by atoms with van der Waals surface area (Å²) in [4.78, 5) is 16.3. The molecular weight excluding hydrogens is 258 g/mol. The number of hydrogen-bond donors (Lipinski definition) is 1. The van der Waals surface area contributed by atoms with Gasteiger partial charge in [0.05, 0.1) is 12.3 Å². The maximum atomic E-state index is 11.9. The van der Waals surface area contributed by atoms with Gasteiger partial charge in [-0.15, -0.1) is 0 Å². The van der Waals surface area contributed by atoms with Crippen LogP contribution in [0.2, 0.25) is 0 Å². The average Bonchev–Trinajstić information content (AvgIpc) is 2.88. The zero-order chi connectivity index (χ0) is 14.9. The highest BCUT2D eigenvalue weighted by atomic mass is 16.5. The Morgan fingerprint density at radius 2 is 2.15 bits per heavy atom. The standard InChI is InChI=1S/C13H21N5O2/c1-5-7-9-10-11(17(4)16-9)18(13(14)15-10)8(3)12(19)20-6-2/h8H,5-7H2,1-4H3,(H2,14,15). The number of aromatic nitrogens is 4. The van der Waals surface area contributed by atoms with Crippen LogP contribution in [0.15, 0.2) is 0 Å². The lowest BCUT2D eigenvalue weighted by molar-refractivity contribution is -0.146. The molecular formula is C13H21N5O2. The third-order valence-electron chi connectivity index (χ3n) is 3.27. The van der Waals surface area contributed by atoms with Crippen molar-refractivity contribution in [2.75, 3.05) is 12.3 Å². The van der Waals surface area contributed by atoms with Gasteiger partial charge >= 0.3 is 5.97 Å². The van der Waals surface area contributed by atoms with E-state index in [4.69, 9.17) is 10.5 Å². The van der Waals surface area contributed by atoms with Gasteiger partial charge in [-0.25, -0.2) is 9.78 Å². The van der Waals surface area contributed by atoms with Crippen LogP contribution in [0, 0.1) is 0 Å². The molecule has 2 rings (SSSR count). The van der Waals surface area contributed by atoms with Gasteiger partial charge in [0.15, 0.2) is 5.65 Å². The van der Waals surface area contributed by atoms with Crippen molar-refractivity contribution in [2.24, 2.45) is 7.05 Å². The minimum atomic E-state index is -0.523. The fourth-order valence-corrected chi connectivity index (χ4v) is 2.37. The van der Waals surface area contributed by atoms with Gasteiger partial charge in [0.2, 0.25) is 5.95 Å². The molecule has 2 N–H and O–H groups in total. The number of fused-ring (bicyclic) bond motifs is 1. The minimum Gasteiger partial charge on any atom is -0.464 e. The van der Waals surface area contributed by atoms with Crippen LogP contribution in [0.1, 0.15) is 38.9 Å². The maximum Gasteiger partial charge on any atom is 0.329 e. The van der Waals surface area contributed by atoms with Crippen LogP contribution in [0.25, 0.3) is 11.2 Å². The molecule has 7 nitrogen and oxygen atoms in total. The number of esters is 1. The van der Waals surface area contributed by atoms with Gasteiger partial charge in [-0.2, -0.15) is 5.10 Å². The summed E-state index contributed by atoms with van der Waals surface area (Å²) in [5.41, 5.74) is 8.40. The van der Waals surface area contributed by atoms with E-state index in [1.54, 1.807) is 23.1 Å². The van der Waals surface area contributed by atoms with Gasteiger partial charge in [0, 0.05) is 7.05 Å². The molecule has 0 saturated heterocycles. The average molecular weight is 279 g/mol. The Balaban J connectivity index is 2.53. The van der Waals surface area contributed by atoms with Crippen molar-refractivity contribution in [3.8, 4) is 0 Å². The number of anilines is 1. The van der Waals surface area contributed by atoms with Gasteiger partial charge in [0.1, 0.15) is 11.6 Å². The number of nitrogen functional groups attached to an aromatic ring is 1. The van der Waals surface area contributed by atoms with Crippen LogP contribution in [-0.4, -0.2) is 31.9 Å². The van der Waals surface area contributed by atoms with E-state index < -0.39 is 6.04 Å². The monoisotopic (exact) mass is 279 g/mol. The quantitative estimate of drug-likeness (QED) is 0.836. The molecule has 1 unspecified atom stereocenters. The zero-order valence-corrected chi connectivity index (χ0v) is 12.4. The molecule has 0 aliphatic carbocycles. The topological polar surface area (TPSA) is 88.0 Å². The molecule has 2 aromatic rings. The normalized spacial score (nSPS) is 12.8. The van der Waals surface area contributed by atoms with E-state index in [2.05, 4.69) is 17.0 Å². The Bertz CT molecular complexity index is 628. The summed E-state index contributed by atoms with van der Waals surface area (Å²) >= 11 is 0. The third kappa shape index (κ3) is 2.23. The van der Waals surface area contributed by atoms with E-state index in [1.165, 1.54) is 0 Å². The van der Waals surface area contributed by atoms with Crippen molar-refractivity contribution in [3.05, 3.63) is 5.69 Å². The number of nitrogens with zero attached hydrogens (tertiary/aromatic N) is 4. The fourth-order valence-electron chi connectivity index (χ4n) is 2.37. The first-order valence-electron chi connectivity index (χ1n) is 6.87. The first-order valence-corrected chi connectivity index (χ1v) is 6.87. The smallest absolute Gasteiger partial charge is 0.329 e.